The Labute approximate surface area is 210 Å². The van der Waals surface area contributed by atoms with E-state index >= 15 is 0 Å². The van der Waals surface area contributed by atoms with Crippen molar-refractivity contribution in [3.8, 4) is 34.7 Å². The van der Waals surface area contributed by atoms with Crippen molar-refractivity contribution in [1.29, 1.82) is 5.26 Å². The molecule has 1 fully saturated rings. The number of nitrogens with one attached hydrogen (secondary N) is 1. The largest absolute Gasteiger partial charge is 0.490 e. The van der Waals surface area contributed by atoms with E-state index in [-0.39, 0.29) is 18.1 Å². The fourth-order valence-electron chi connectivity index (χ4n) is 4.81. The highest BCUT2D eigenvalue weighted by Gasteiger charge is 2.28. The van der Waals surface area contributed by atoms with E-state index in [1.54, 1.807) is 17.0 Å². The third-order valence-corrected chi connectivity index (χ3v) is 6.57. The number of benzene rings is 2. The molecule has 1 aliphatic carbocycles. The Morgan fingerprint density at radius 3 is 2.89 bits per heavy atom. The minimum absolute atomic E-state index is 0.0327. The zero-order valence-electron chi connectivity index (χ0n) is 20.5. The first-order valence-electron chi connectivity index (χ1n) is 12.3. The van der Waals surface area contributed by atoms with Gasteiger partial charge in [-0.05, 0) is 56.0 Å². The van der Waals surface area contributed by atoms with Crippen molar-refractivity contribution in [3.05, 3.63) is 53.1 Å². The molecule has 0 spiro atoms. The third kappa shape index (κ3) is 4.90. The van der Waals surface area contributed by atoms with Gasteiger partial charge in [-0.2, -0.15) is 10.2 Å². The maximum atomic E-state index is 12.5. The van der Waals surface area contributed by atoms with Crippen LogP contribution in [0.25, 0.3) is 22.8 Å². The van der Waals surface area contributed by atoms with Gasteiger partial charge >= 0.3 is 6.03 Å². The third-order valence-electron chi connectivity index (χ3n) is 6.57. The van der Waals surface area contributed by atoms with Crippen LogP contribution in [0.5, 0.6) is 5.75 Å². The number of nitriles is 1. The van der Waals surface area contributed by atoms with Gasteiger partial charge in [-0.1, -0.05) is 23.4 Å². The molecule has 2 aromatic carbocycles. The number of rotatable bonds is 6. The number of hydrogen-bond acceptors (Lipinski definition) is 7. The molecular formula is C27H29N5O4. The van der Waals surface area contributed by atoms with E-state index in [2.05, 4.69) is 27.6 Å². The second-order valence-corrected chi connectivity index (χ2v) is 9.31. The van der Waals surface area contributed by atoms with Gasteiger partial charge in [0.25, 0.3) is 5.89 Å². The molecule has 1 aromatic heterocycles. The number of hydrogen-bond donors (Lipinski definition) is 1. The van der Waals surface area contributed by atoms with Gasteiger partial charge in [0, 0.05) is 36.7 Å². The lowest BCUT2D eigenvalue weighted by atomic mass is 9.98. The van der Waals surface area contributed by atoms with Crippen molar-refractivity contribution < 1.29 is 18.8 Å². The Balaban J connectivity index is 1.32. The van der Waals surface area contributed by atoms with Crippen LogP contribution in [0.2, 0.25) is 0 Å². The first kappa shape index (κ1) is 23.8. The standard InChI is InChI=1S/C27H29N5O4/c1-17(2)35-24-9-7-18(14-20(24)15-28)26-30-25(31-36-26)23-5-3-4-21-19(6-8-22(21)23)16-29-27(33)32-10-12-34-13-11-32/h3-5,7,9,14,17,19H,6,8,10-13,16H2,1-2H3,(H,29,33). The topological polar surface area (TPSA) is 114 Å². The monoisotopic (exact) mass is 487 g/mol. The molecule has 9 heteroatoms. The molecule has 1 N–H and O–H groups in total. The highest BCUT2D eigenvalue weighted by atomic mass is 16.5. The highest BCUT2D eigenvalue weighted by molar-refractivity contribution is 5.74. The van der Waals surface area contributed by atoms with Crippen molar-refractivity contribution in [2.24, 2.45) is 0 Å². The number of morpholine rings is 1. The minimum atomic E-state index is -0.0349. The fourth-order valence-corrected chi connectivity index (χ4v) is 4.81. The normalized spacial score (nSPS) is 17.1. The van der Waals surface area contributed by atoms with Crippen LogP contribution in [0.3, 0.4) is 0 Å². The van der Waals surface area contributed by atoms with Crippen molar-refractivity contribution >= 4 is 6.03 Å². The predicted octanol–water partition coefficient (Wildman–Crippen LogP) is 4.13. The lowest BCUT2D eigenvalue weighted by Gasteiger charge is -2.27. The summed E-state index contributed by atoms with van der Waals surface area (Å²) in [6.45, 7) is 6.85. The maximum absolute atomic E-state index is 12.5. The molecule has 1 aliphatic heterocycles. The van der Waals surface area contributed by atoms with Crippen molar-refractivity contribution in [2.75, 3.05) is 32.8 Å². The summed E-state index contributed by atoms with van der Waals surface area (Å²) in [4.78, 5) is 19.0. The Morgan fingerprint density at radius 1 is 1.28 bits per heavy atom. The van der Waals surface area contributed by atoms with Gasteiger partial charge in [0.15, 0.2) is 0 Å². The number of aromatic nitrogens is 2. The van der Waals surface area contributed by atoms with E-state index in [1.807, 2.05) is 32.0 Å². The molecule has 36 heavy (non-hydrogen) atoms. The molecule has 1 unspecified atom stereocenters. The highest BCUT2D eigenvalue weighted by Crippen LogP contribution is 2.38. The molecule has 0 radical (unpaired) electrons. The number of amides is 2. The molecule has 0 saturated carbocycles. The van der Waals surface area contributed by atoms with Crippen LogP contribution in [0.4, 0.5) is 4.79 Å². The van der Waals surface area contributed by atoms with Crippen LogP contribution in [-0.4, -0.2) is 60.0 Å². The Bertz CT molecular complexity index is 1290. The van der Waals surface area contributed by atoms with E-state index in [0.717, 1.165) is 18.4 Å². The number of carbonyl (C=O) groups is 1. The summed E-state index contributed by atoms with van der Waals surface area (Å²) in [5.41, 5.74) is 4.42. The van der Waals surface area contributed by atoms with Crippen LogP contribution in [0.15, 0.2) is 40.9 Å². The molecule has 2 heterocycles. The Hall–Kier alpha value is -3.90. The maximum Gasteiger partial charge on any atom is 0.317 e. The summed E-state index contributed by atoms with van der Waals surface area (Å²) in [7, 11) is 0. The molecule has 0 bridgehead atoms. The molecule has 2 aliphatic rings. The van der Waals surface area contributed by atoms with E-state index in [4.69, 9.17) is 14.0 Å². The molecule has 5 rings (SSSR count). The molecule has 2 amide bonds. The zero-order chi connectivity index (χ0) is 25.1. The van der Waals surface area contributed by atoms with Crippen molar-refractivity contribution in [1.82, 2.24) is 20.4 Å². The summed E-state index contributed by atoms with van der Waals surface area (Å²) in [6.07, 6.45) is 1.80. The van der Waals surface area contributed by atoms with Gasteiger partial charge in [-0.15, -0.1) is 0 Å². The van der Waals surface area contributed by atoms with Gasteiger partial charge in [-0.25, -0.2) is 4.79 Å². The second-order valence-electron chi connectivity index (χ2n) is 9.31. The molecular weight excluding hydrogens is 458 g/mol. The quantitative estimate of drug-likeness (QED) is 0.556. The smallest absolute Gasteiger partial charge is 0.317 e. The van der Waals surface area contributed by atoms with E-state index in [9.17, 15) is 10.1 Å². The molecule has 3 aromatic rings. The summed E-state index contributed by atoms with van der Waals surface area (Å²) < 4.78 is 16.6. The van der Waals surface area contributed by atoms with Gasteiger partial charge in [0.1, 0.15) is 11.8 Å². The van der Waals surface area contributed by atoms with Gasteiger partial charge in [0.2, 0.25) is 5.82 Å². The first-order chi connectivity index (χ1) is 17.5. The SMILES string of the molecule is CC(C)Oc1ccc(-c2nc(-c3cccc4c3CCC4CNC(=O)N3CCOCC3)no2)cc1C#N. The fraction of sp³-hybridized carbons (Fsp3) is 0.407. The summed E-state index contributed by atoms with van der Waals surface area (Å²) >= 11 is 0. The van der Waals surface area contributed by atoms with Gasteiger partial charge in [-0.3, -0.25) is 0 Å². The number of fused-ring (bicyclic) bond motifs is 1. The van der Waals surface area contributed by atoms with Crippen LogP contribution >= 0.6 is 0 Å². The Morgan fingerprint density at radius 2 is 2.11 bits per heavy atom. The molecule has 186 valence electrons. The van der Waals surface area contributed by atoms with E-state index in [1.165, 1.54) is 11.1 Å². The van der Waals surface area contributed by atoms with Crippen molar-refractivity contribution in [3.63, 3.8) is 0 Å². The van der Waals surface area contributed by atoms with Crippen LogP contribution in [0, 0.1) is 11.3 Å². The number of carbonyl (C=O) groups excluding carboxylic acids is 1. The van der Waals surface area contributed by atoms with Gasteiger partial charge in [0.05, 0.1) is 24.9 Å². The lowest BCUT2D eigenvalue weighted by Crippen LogP contribution is -2.46. The summed E-state index contributed by atoms with van der Waals surface area (Å²) in [6, 6.07) is 13.5. The second kappa shape index (κ2) is 10.4. The molecule has 1 atom stereocenters. The van der Waals surface area contributed by atoms with E-state index in [0.29, 0.717) is 61.4 Å². The van der Waals surface area contributed by atoms with Crippen LogP contribution < -0.4 is 10.1 Å². The lowest BCUT2D eigenvalue weighted by molar-refractivity contribution is 0.0531. The Kier molecular flexibility index (Phi) is 6.87. The van der Waals surface area contributed by atoms with Crippen LogP contribution in [0.1, 0.15) is 42.9 Å². The first-order valence-corrected chi connectivity index (χ1v) is 12.3. The number of urea groups is 1. The zero-order valence-corrected chi connectivity index (χ0v) is 20.5. The van der Waals surface area contributed by atoms with Gasteiger partial charge < -0.3 is 24.2 Å². The van der Waals surface area contributed by atoms with Crippen molar-refractivity contribution in [2.45, 2.75) is 38.7 Å². The number of nitrogens with zero attached hydrogens (tertiary/aromatic N) is 4. The van der Waals surface area contributed by atoms with E-state index < -0.39 is 0 Å². The van der Waals surface area contributed by atoms with Crippen LogP contribution in [-0.2, 0) is 11.2 Å². The molecule has 9 nitrogen and oxygen atoms in total. The summed E-state index contributed by atoms with van der Waals surface area (Å²) in [5, 5.41) is 16.9. The minimum Gasteiger partial charge on any atom is -0.490 e. The number of ether oxygens (including phenoxy) is 2. The predicted molar refractivity (Wildman–Crippen MR) is 133 cm³/mol. The summed E-state index contributed by atoms with van der Waals surface area (Å²) in [5.74, 6) is 1.63. The average molecular weight is 488 g/mol. The molecule has 1 saturated heterocycles. The average Bonchev–Trinajstić information content (AvgIpc) is 3.55.